The highest BCUT2D eigenvalue weighted by atomic mass is 35.5. The van der Waals surface area contributed by atoms with Crippen LogP contribution in [-0.2, 0) is 0 Å². The standard InChI is InChI=1S/C11H11ClN2O/c1-6-8(4-3-5-9(6)12)10-7(2)11(13)14-15-10/h3-5H,1-2H3,(H2,13,14). The van der Waals surface area contributed by atoms with Crippen molar-refractivity contribution in [2.24, 2.45) is 0 Å². The zero-order valence-electron chi connectivity index (χ0n) is 8.54. The number of aromatic nitrogens is 1. The van der Waals surface area contributed by atoms with Crippen LogP contribution in [0.2, 0.25) is 5.02 Å². The first kappa shape index (κ1) is 10.1. The second-order valence-corrected chi connectivity index (χ2v) is 3.84. The van der Waals surface area contributed by atoms with Crippen LogP contribution in [0.25, 0.3) is 11.3 Å². The van der Waals surface area contributed by atoms with Crippen molar-refractivity contribution in [3.63, 3.8) is 0 Å². The van der Waals surface area contributed by atoms with Crippen LogP contribution in [0.3, 0.4) is 0 Å². The molecule has 4 heteroatoms. The van der Waals surface area contributed by atoms with E-state index in [1.165, 1.54) is 0 Å². The van der Waals surface area contributed by atoms with Crippen LogP contribution in [0.5, 0.6) is 0 Å². The Hall–Kier alpha value is -1.48. The molecule has 2 N–H and O–H groups in total. The second-order valence-electron chi connectivity index (χ2n) is 3.43. The fourth-order valence-electron chi connectivity index (χ4n) is 1.45. The second kappa shape index (κ2) is 3.59. The molecule has 0 aliphatic carbocycles. The third-order valence-electron chi connectivity index (χ3n) is 2.47. The van der Waals surface area contributed by atoms with E-state index in [1.807, 2.05) is 32.0 Å². The van der Waals surface area contributed by atoms with Gasteiger partial charge in [-0.3, -0.25) is 0 Å². The molecular weight excluding hydrogens is 212 g/mol. The minimum atomic E-state index is 0.421. The molecule has 3 nitrogen and oxygen atoms in total. The number of rotatable bonds is 1. The molecule has 0 atom stereocenters. The van der Waals surface area contributed by atoms with E-state index < -0.39 is 0 Å². The number of hydrogen-bond acceptors (Lipinski definition) is 3. The van der Waals surface area contributed by atoms with Crippen molar-refractivity contribution >= 4 is 17.4 Å². The maximum absolute atomic E-state index is 6.03. The summed E-state index contributed by atoms with van der Waals surface area (Å²) in [6.07, 6.45) is 0. The van der Waals surface area contributed by atoms with Crippen molar-refractivity contribution < 1.29 is 4.52 Å². The van der Waals surface area contributed by atoms with E-state index in [0.29, 0.717) is 16.6 Å². The summed E-state index contributed by atoms with van der Waals surface area (Å²) >= 11 is 6.03. The zero-order valence-corrected chi connectivity index (χ0v) is 9.30. The molecule has 15 heavy (non-hydrogen) atoms. The molecule has 0 spiro atoms. The van der Waals surface area contributed by atoms with Crippen LogP contribution in [0.4, 0.5) is 5.82 Å². The van der Waals surface area contributed by atoms with Gasteiger partial charge in [0, 0.05) is 16.1 Å². The van der Waals surface area contributed by atoms with Gasteiger partial charge in [0.05, 0.1) is 0 Å². The molecule has 0 aliphatic rings. The average molecular weight is 223 g/mol. The van der Waals surface area contributed by atoms with Crippen LogP contribution >= 0.6 is 11.6 Å². The monoisotopic (exact) mass is 222 g/mol. The Morgan fingerprint density at radius 1 is 1.27 bits per heavy atom. The van der Waals surface area contributed by atoms with Gasteiger partial charge in [-0.15, -0.1) is 0 Å². The number of anilines is 1. The van der Waals surface area contributed by atoms with Crippen LogP contribution < -0.4 is 5.73 Å². The Kier molecular flexibility index (Phi) is 2.40. The highest BCUT2D eigenvalue weighted by molar-refractivity contribution is 6.31. The molecule has 0 bridgehead atoms. The Morgan fingerprint density at radius 2 is 2.00 bits per heavy atom. The summed E-state index contributed by atoms with van der Waals surface area (Å²) in [5.74, 6) is 1.11. The average Bonchev–Trinajstić information content (AvgIpc) is 2.53. The first-order chi connectivity index (χ1) is 7.11. The smallest absolute Gasteiger partial charge is 0.172 e. The van der Waals surface area contributed by atoms with E-state index in [-0.39, 0.29) is 0 Å². The minimum absolute atomic E-state index is 0.421. The van der Waals surface area contributed by atoms with E-state index in [2.05, 4.69) is 5.16 Å². The molecular formula is C11H11ClN2O. The van der Waals surface area contributed by atoms with Crippen molar-refractivity contribution in [3.05, 3.63) is 34.3 Å². The molecule has 0 saturated heterocycles. The van der Waals surface area contributed by atoms with Crippen molar-refractivity contribution in [2.75, 3.05) is 5.73 Å². The summed E-state index contributed by atoms with van der Waals surface area (Å²) in [4.78, 5) is 0. The summed E-state index contributed by atoms with van der Waals surface area (Å²) in [6, 6.07) is 5.66. The topological polar surface area (TPSA) is 52.0 Å². The molecule has 2 aromatic rings. The highest BCUT2D eigenvalue weighted by Crippen LogP contribution is 2.32. The molecule has 0 unspecified atom stereocenters. The first-order valence-corrected chi connectivity index (χ1v) is 4.96. The van der Waals surface area contributed by atoms with Gasteiger partial charge in [-0.25, -0.2) is 0 Å². The van der Waals surface area contributed by atoms with Crippen LogP contribution in [0.15, 0.2) is 22.7 Å². The fourth-order valence-corrected chi connectivity index (χ4v) is 1.63. The maximum atomic E-state index is 6.03. The largest absolute Gasteiger partial charge is 0.381 e. The van der Waals surface area contributed by atoms with Gasteiger partial charge in [0.25, 0.3) is 0 Å². The molecule has 1 aromatic carbocycles. The van der Waals surface area contributed by atoms with Crippen LogP contribution in [0, 0.1) is 13.8 Å². The zero-order chi connectivity index (χ0) is 11.0. The van der Waals surface area contributed by atoms with Crippen LogP contribution in [0.1, 0.15) is 11.1 Å². The van der Waals surface area contributed by atoms with Gasteiger partial charge in [-0.2, -0.15) is 0 Å². The third kappa shape index (κ3) is 1.59. The van der Waals surface area contributed by atoms with Gasteiger partial charge in [-0.05, 0) is 25.5 Å². The van der Waals surface area contributed by atoms with E-state index >= 15 is 0 Å². The molecule has 1 heterocycles. The molecule has 0 amide bonds. The lowest BCUT2D eigenvalue weighted by molar-refractivity contribution is 0.435. The van der Waals surface area contributed by atoms with Gasteiger partial charge in [0.1, 0.15) is 0 Å². The van der Waals surface area contributed by atoms with E-state index in [4.69, 9.17) is 21.9 Å². The summed E-state index contributed by atoms with van der Waals surface area (Å²) in [5.41, 5.74) is 8.38. The number of hydrogen-bond donors (Lipinski definition) is 1. The summed E-state index contributed by atoms with van der Waals surface area (Å²) in [7, 11) is 0. The Balaban J connectivity index is 2.64. The third-order valence-corrected chi connectivity index (χ3v) is 2.88. The molecule has 1 aromatic heterocycles. The molecule has 0 fully saturated rings. The fraction of sp³-hybridized carbons (Fsp3) is 0.182. The normalized spacial score (nSPS) is 10.6. The summed E-state index contributed by atoms with van der Waals surface area (Å²) in [6.45, 7) is 3.82. The predicted octanol–water partition coefficient (Wildman–Crippen LogP) is 3.19. The number of benzene rings is 1. The first-order valence-electron chi connectivity index (χ1n) is 4.58. The van der Waals surface area contributed by atoms with E-state index in [1.54, 1.807) is 0 Å². The van der Waals surface area contributed by atoms with Gasteiger partial charge in [-0.1, -0.05) is 28.9 Å². The van der Waals surface area contributed by atoms with Gasteiger partial charge < -0.3 is 10.3 Å². The lowest BCUT2D eigenvalue weighted by Crippen LogP contribution is -1.88. The SMILES string of the molecule is Cc1c(Cl)cccc1-c1onc(N)c1C. The quantitative estimate of drug-likeness (QED) is 0.806. The molecule has 0 saturated carbocycles. The van der Waals surface area contributed by atoms with Crippen LogP contribution in [-0.4, -0.2) is 5.16 Å². The van der Waals surface area contributed by atoms with E-state index in [9.17, 15) is 0 Å². The predicted molar refractivity (Wildman–Crippen MR) is 60.8 cm³/mol. The van der Waals surface area contributed by atoms with Crippen molar-refractivity contribution in [1.82, 2.24) is 5.16 Å². The Bertz CT molecular complexity index is 505. The molecule has 2 rings (SSSR count). The molecule has 78 valence electrons. The Labute approximate surface area is 92.8 Å². The minimum Gasteiger partial charge on any atom is -0.381 e. The van der Waals surface area contributed by atoms with Gasteiger partial charge >= 0.3 is 0 Å². The number of halogens is 1. The number of nitrogens with two attached hydrogens (primary N) is 1. The van der Waals surface area contributed by atoms with Gasteiger partial charge in [0.15, 0.2) is 11.6 Å². The number of nitrogens with zero attached hydrogens (tertiary/aromatic N) is 1. The lowest BCUT2D eigenvalue weighted by atomic mass is 10.0. The van der Waals surface area contributed by atoms with Crippen molar-refractivity contribution in [1.29, 1.82) is 0 Å². The maximum Gasteiger partial charge on any atom is 0.172 e. The summed E-state index contributed by atoms with van der Waals surface area (Å²) < 4.78 is 5.18. The molecule has 0 aliphatic heterocycles. The van der Waals surface area contributed by atoms with Crippen molar-refractivity contribution in [3.8, 4) is 11.3 Å². The lowest BCUT2D eigenvalue weighted by Gasteiger charge is -2.04. The number of nitrogen functional groups attached to an aromatic ring is 1. The van der Waals surface area contributed by atoms with Gasteiger partial charge in [0.2, 0.25) is 0 Å². The van der Waals surface area contributed by atoms with E-state index in [0.717, 1.165) is 16.7 Å². The van der Waals surface area contributed by atoms with Crippen molar-refractivity contribution in [2.45, 2.75) is 13.8 Å². The Morgan fingerprint density at radius 3 is 2.60 bits per heavy atom. The molecule has 0 radical (unpaired) electrons. The highest BCUT2D eigenvalue weighted by Gasteiger charge is 2.14. The summed E-state index contributed by atoms with van der Waals surface area (Å²) in [5, 5.41) is 4.43.